The number of aryl methyl sites for hydroxylation is 1. The van der Waals surface area contributed by atoms with Crippen LogP contribution in [0.4, 0.5) is 0 Å². The summed E-state index contributed by atoms with van der Waals surface area (Å²) in [6.07, 6.45) is 6.54. The molecular formula is C13H10N6OS. The maximum Gasteiger partial charge on any atom is 0.261 e. The van der Waals surface area contributed by atoms with E-state index >= 15 is 0 Å². The number of fused-ring (bicyclic) bond motifs is 2. The second-order valence-electron chi connectivity index (χ2n) is 4.65. The molecule has 0 bridgehead atoms. The number of imidazole rings is 1. The highest BCUT2D eigenvalue weighted by molar-refractivity contribution is 7.16. The molecule has 21 heavy (non-hydrogen) atoms. The van der Waals surface area contributed by atoms with Crippen LogP contribution in [0.2, 0.25) is 0 Å². The summed E-state index contributed by atoms with van der Waals surface area (Å²) in [7, 11) is 0. The Labute approximate surface area is 122 Å². The fourth-order valence-corrected chi connectivity index (χ4v) is 2.96. The molecular weight excluding hydrogens is 288 g/mol. The van der Waals surface area contributed by atoms with Gasteiger partial charge in [-0.25, -0.2) is 14.5 Å². The Balaban J connectivity index is 1.77. The van der Waals surface area contributed by atoms with Crippen LogP contribution in [0.3, 0.4) is 0 Å². The Bertz CT molecular complexity index is 983. The van der Waals surface area contributed by atoms with Crippen molar-refractivity contribution in [3.8, 4) is 0 Å². The van der Waals surface area contributed by atoms with Gasteiger partial charge in [-0.05, 0) is 13.0 Å². The predicted octanol–water partition coefficient (Wildman–Crippen LogP) is 1.25. The molecule has 0 aliphatic rings. The van der Waals surface area contributed by atoms with Crippen molar-refractivity contribution in [2.24, 2.45) is 0 Å². The summed E-state index contributed by atoms with van der Waals surface area (Å²) in [5.41, 5.74) is 1.29. The summed E-state index contributed by atoms with van der Waals surface area (Å²) in [4.78, 5) is 25.9. The van der Waals surface area contributed by atoms with E-state index in [4.69, 9.17) is 0 Å². The highest BCUT2D eigenvalue weighted by atomic mass is 32.1. The number of aromatic nitrogens is 6. The molecule has 4 aromatic heterocycles. The molecule has 0 aliphatic heterocycles. The van der Waals surface area contributed by atoms with Gasteiger partial charge in [0.15, 0.2) is 0 Å². The molecule has 0 fully saturated rings. The van der Waals surface area contributed by atoms with Gasteiger partial charge in [0.05, 0.1) is 41.9 Å². The first-order valence-corrected chi connectivity index (χ1v) is 7.13. The minimum atomic E-state index is -0.0945. The first-order valence-electron chi connectivity index (χ1n) is 6.31. The van der Waals surface area contributed by atoms with E-state index in [-0.39, 0.29) is 5.56 Å². The Morgan fingerprint density at radius 2 is 2.29 bits per heavy atom. The van der Waals surface area contributed by atoms with Gasteiger partial charge in [0, 0.05) is 6.20 Å². The zero-order chi connectivity index (χ0) is 14.4. The molecule has 0 radical (unpaired) electrons. The second kappa shape index (κ2) is 4.45. The predicted molar refractivity (Wildman–Crippen MR) is 78.5 cm³/mol. The molecule has 4 rings (SSSR count). The first kappa shape index (κ1) is 12.2. The lowest BCUT2D eigenvalue weighted by Crippen LogP contribution is -2.21. The van der Waals surface area contributed by atoms with Crippen LogP contribution in [0.5, 0.6) is 0 Å². The number of pyridine rings is 1. The summed E-state index contributed by atoms with van der Waals surface area (Å²) in [5.74, 6) is 0. The number of nitrogens with zero attached hydrogens (tertiary/aromatic N) is 6. The molecule has 0 amide bonds. The fourth-order valence-electron chi connectivity index (χ4n) is 2.22. The fraction of sp³-hybridized carbons (Fsp3) is 0.154. The molecule has 0 N–H and O–H groups in total. The largest absolute Gasteiger partial charge is 0.293 e. The molecule has 104 valence electrons. The van der Waals surface area contributed by atoms with Crippen molar-refractivity contribution < 1.29 is 0 Å². The molecule has 7 nitrogen and oxygen atoms in total. The lowest BCUT2D eigenvalue weighted by atomic mass is 10.3. The highest BCUT2D eigenvalue weighted by Gasteiger charge is 2.09. The van der Waals surface area contributed by atoms with Gasteiger partial charge in [-0.15, -0.1) is 0 Å². The van der Waals surface area contributed by atoms with Crippen molar-refractivity contribution in [1.82, 2.24) is 29.1 Å². The third kappa shape index (κ3) is 2.00. The van der Waals surface area contributed by atoms with Gasteiger partial charge in [0.2, 0.25) is 4.96 Å². The molecule has 0 saturated heterocycles. The van der Waals surface area contributed by atoms with Gasteiger partial charge in [0.1, 0.15) is 5.01 Å². The van der Waals surface area contributed by atoms with Gasteiger partial charge >= 0.3 is 0 Å². The first-order chi connectivity index (χ1) is 10.2. The SMILES string of the molecule is Cc1nn2cc(Cn3cnc4cnccc4c3=O)nc2s1. The summed E-state index contributed by atoms with van der Waals surface area (Å²) < 4.78 is 3.28. The number of rotatable bonds is 2. The standard InChI is InChI=1S/C13H10N6OS/c1-8-17-19-6-9(16-13(19)21-8)5-18-7-15-11-4-14-3-2-10(11)12(18)20/h2-4,6-7H,5H2,1H3. The van der Waals surface area contributed by atoms with E-state index in [2.05, 4.69) is 20.1 Å². The van der Waals surface area contributed by atoms with Crippen molar-refractivity contribution in [1.29, 1.82) is 0 Å². The summed E-state index contributed by atoms with van der Waals surface area (Å²) >= 11 is 1.52. The molecule has 0 atom stereocenters. The van der Waals surface area contributed by atoms with Crippen LogP contribution in [0.15, 0.2) is 35.8 Å². The van der Waals surface area contributed by atoms with Crippen molar-refractivity contribution in [2.45, 2.75) is 13.5 Å². The monoisotopic (exact) mass is 298 g/mol. The minimum absolute atomic E-state index is 0.0945. The minimum Gasteiger partial charge on any atom is -0.293 e. The van der Waals surface area contributed by atoms with Crippen LogP contribution in [-0.2, 0) is 6.54 Å². The van der Waals surface area contributed by atoms with Crippen LogP contribution >= 0.6 is 11.3 Å². The summed E-state index contributed by atoms with van der Waals surface area (Å²) in [6, 6.07) is 1.68. The molecule has 8 heteroatoms. The maximum absolute atomic E-state index is 12.4. The molecule has 0 saturated carbocycles. The topological polar surface area (TPSA) is 78.0 Å². The van der Waals surface area contributed by atoms with Gasteiger partial charge in [0.25, 0.3) is 5.56 Å². The molecule has 0 aromatic carbocycles. The maximum atomic E-state index is 12.4. The third-order valence-corrected chi connectivity index (χ3v) is 3.99. The highest BCUT2D eigenvalue weighted by Crippen LogP contribution is 2.14. The average molecular weight is 298 g/mol. The second-order valence-corrected chi connectivity index (χ2v) is 5.81. The zero-order valence-electron chi connectivity index (χ0n) is 11.1. The van der Waals surface area contributed by atoms with E-state index in [9.17, 15) is 4.79 Å². The number of hydrogen-bond donors (Lipinski definition) is 0. The van der Waals surface area contributed by atoms with Crippen molar-refractivity contribution in [3.05, 3.63) is 52.0 Å². The van der Waals surface area contributed by atoms with E-state index in [0.717, 1.165) is 15.7 Å². The summed E-state index contributed by atoms with van der Waals surface area (Å²) in [6.45, 7) is 2.31. The molecule has 0 aliphatic carbocycles. The normalized spacial score (nSPS) is 11.5. The quantitative estimate of drug-likeness (QED) is 0.556. The van der Waals surface area contributed by atoms with Gasteiger partial charge in [-0.1, -0.05) is 11.3 Å². The Morgan fingerprint density at radius 3 is 3.14 bits per heavy atom. The van der Waals surface area contributed by atoms with E-state index in [1.54, 1.807) is 27.5 Å². The Morgan fingerprint density at radius 1 is 1.38 bits per heavy atom. The summed E-state index contributed by atoms with van der Waals surface area (Å²) in [5, 5.41) is 5.83. The van der Waals surface area contributed by atoms with E-state index in [0.29, 0.717) is 17.4 Å². The van der Waals surface area contributed by atoms with E-state index in [1.165, 1.54) is 17.7 Å². The van der Waals surface area contributed by atoms with Crippen LogP contribution in [0.25, 0.3) is 15.9 Å². The van der Waals surface area contributed by atoms with E-state index < -0.39 is 0 Å². The Kier molecular flexibility index (Phi) is 2.58. The van der Waals surface area contributed by atoms with Crippen molar-refractivity contribution in [2.75, 3.05) is 0 Å². The smallest absolute Gasteiger partial charge is 0.261 e. The zero-order valence-corrected chi connectivity index (χ0v) is 11.9. The van der Waals surface area contributed by atoms with Crippen LogP contribution in [0.1, 0.15) is 10.7 Å². The molecule has 0 spiro atoms. The van der Waals surface area contributed by atoms with Crippen LogP contribution in [0, 0.1) is 6.92 Å². The van der Waals surface area contributed by atoms with Gasteiger partial charge < -0.3 is 0 Å². The molecule has 0 unspecified atom stereocenters. The van der Waals surface area contributed by atoms with Crippen LogP contribution < -0.4 is 5.56 Å². The lowest BCUT2D eigenvalue weighted by Gasteiger charge is -2.03. The third-order valence-electron chi connectivity index (χ3n) is 3.15. The van der Waals surface area contributed by atoms with Gasteiger partial charge in [-0.2, -0.15) is 5.10 Å². The van der Waals surface area contributed by atoms with E-state index in [1.807, 2.05) is 13.1 Å². The van der Waals surface area contributed by atoms with Crippen LogP contribution in [-0.4, -0.2) is 29.1 Å². The van der Waals surface area contributed by atoms with Crippen molar-refractivity contribution in [3.63, 3.8) is 0 Å². The average Bonchev–Trinajstić information content (AvgIpc) is 2.99. The molecule has 4 aromatic rings. The molecule has 4 heterocycles. The van der Waals surface area contributed by atoms with Gasteiger partial charge in [-0.3, -0.25) is 14.3 Å². The Hall–Kier alpha value is -2.61. The van der Waals surface area contributed by atoms with Crippen molar-refractivity contribution >= 4 is 27.2 Å². The number of hydrogen-bond acceptors (Lipinski definition) is 6. The lowest BCUT2D eigenvalue weighted by molar-refractivity contribution is 0.732.